The second-order valence-corrected chi connectivity index (χ2v) is 3.54. The SMILES string of the molecule is Cc1cc(N)cc(C)c1NS(=O)[O-]. The molecule has 1 aromatic rings. The van der Waals surface area contributed by atoms with E-state index < -0.39 is 11.3 Å². The first kappa shape index (κ1) is 10.0. The highest BCUT2D eigenvalue weighted by atomic mass is 32.2. The van der Waals surface area contributed by atoms with Crippen LogP contribution in [0.5, 0.6) is 0 Å². The van der Waals surface area contributed by atoms with E-state index in [9.17, 15) is 8.76 Å². The molecule has 0 aliphatic heterocycles. The second-order valence-electron chi connectivity index (χ2n) is 2.87. The molecular formula is C8H11N2O2S-. The van der Waals surface area contributed by atoms with Crippen molar-refractivity contribution in [3.8, 4) is 0 Å². The average Bonchev–Trinajstić information content (AvgIpc) is 1.96. The quantitative estimate of drug-likeness (QED) is 0.553. The van der Waals surface area contributed by atoms with Crippen molar-refractivity contribution >= 4 is 22.6 Å². The van der Waals surface area contributed by atoms with Gasteiger partial charge in [0, 0.05) is 17.0 Å². The number of rotatable bonds is 2. The van der Waals surface area contributed by atoms with Gasteiger partial charge < -0.3 is 15.0 Å². The Labute approximate surface area is 79.6 Å². The van der Waals surface area contributed by atoms with Crippen LogP contribution in [-0.2, 0) is 11.3 Å². The number of anilines is 2. The number of nitrogen functional groups attached to an aromatic ring is 1. The molecule has 1 rings (SSSR count). The molecule has 0 radical (unpaired) electrons. The predicted molar refractivity (Wildman–Crippen MR) is 52.9 cm³/mol. The predicted octanol–water partition coefficient (Wildman–Crippen LogP) is 1.09. The van der Waals surface area contributed by atoms with Gasteiger partial charge in [-0.25, -0.2) is 0 Å². The third kappa shape index (κ3) is 2.43. The fourth-order valence-electron chi connectivity index (χ4n) is 1.24. The Bertz CT molecular complexity index is 329. The summed E-state index contributed by atoms with van der Waals surface area (Å²) < 4.78 is 23.2. The monoisotopic (exact) mass is 199 g/mol. The number of hydrogen-bond donors (Lipinski definition) is 2. The van der Waals surface area contributed by atoms with Crippen LogP contribution in [0.4, 0.5) is 11.4 Å². The molecule has 0 bridgehead atoms. The molecule has 3 N–H and O–H groups in total. The van der Waals surface area contributed by atoms with E-state index in [4.69, 9.17) is 5.73 Å². The lowest BCUT2D eigenvalue weighted by Gasteiger charge is -2.14. The summed E-state index contributed by atoms with van der Waals surface area (Å²) in [6, 6.07) is 3.45. The van der Waals surface area contributed by atoms with Crippen LogP contribution in [0.15, 0.2) is 12.1 Å². The summed E-state index contributed by atoms with van der Waals surface area (Å²) in [5, 5.41) is 0. The van der Waals surface area contributed by atoms with Crippen LogP contribution < -0.4 is 10.5 Å². The Kier molecular flexibility index (Phi) is 2.90. The van der Waals surface area contributed by atoms with Gasteiger partial charge in [-0.2, -0.15) is 0 Å². The normalized spacial score (nSPS) is 12.5. The minimum atomic E-state index is -2.28. The molecule has 0 aliphatic rings. The lowest BCUT2D eigenvalue weighted by molar-refractivity contribution is 0.542. The van der Waals surface area contributed by atoms with Crippen LogP contribution >= 0.6 is 0 Å². The number of nitrogens with two attached hydrogens (primary N) is 1. The fraction of sp³-hybridized carbons (Fsp3) is 0.250. The number of aryl methyl sites for hydroxylation is 2. The zero-order chi connectivity index (χ0) is 10.0. The molecule has 4 nitrogen and oxygen atoms in total. The third-order valence-electron chi connectivity index (χ3n) is 1.74. The Morgan fingerprint density at radius 3 is 2.23 bits per heavy atom. The molecule has 0 fully saturated rings. The van der Waals surface area contributed by atoms with E-state index in [-0.39, 0.29) is 0 Å². The Morgan fingerprint density at radius 1 is 1.38 bits per heavy atom. The number of hydrogen-bond acceptors (Lipinski definition) is 3. The smallest absolute Gasteiger partial charge is 0.0512 e. The minimum absolute atomic E-state index is 0.600. The van der Waals surface area contributed by atoms with Gasteiger partial charge in [-0.1, -0.05) is 0 Å². The summed E-state index contributed by atoms with van der Waals surface area (Å²) in [5.74, 6) is 0. The standard InChI is InChI=1S/C8H12N2O2S/c1-5-3-7(9)4-6(2)8(5)10-13(11)12/h3-4,10H,9H2,1-2H3,(H,11,12)/p-1. The van der Waals surface area contributed by atoms with Crippen LogP contribution in [0.25, 0.3) is 0 Å². The lowest BCUT2D eigenvalue weighted by atomic mass is 10.1. The summed E-state index contributed by atoms with van der Waals surface area (Å²) in [6.45, 7) is 3.61. The van der Waals surface area contributed by atoms with Gasteiger partial charge in [0.2, 0.25) is 0 Å². The molecule has 0 spiro atoms. The molecule has 0 aliphatic carbocycles. The van der Waals surface area contributed by atoms with E-state index in [1.54, 1.807) is 26.0 Å². The van der Waals surface area contributed by atoms with Gasteiger partial charge in [-0.3, -0.25) is 4.21 Å². The van der Waals surface area contributed by atoms with E-state index >= 15 is 0 Å². The molecule has 0 aromatic heterocycles. The fourth-order valence-corrected chi connectivity index (χ4v) is 1.73. The van der Waals surface area contributed by atoms with Gasteiger partial charge in [0.05, 0.1) is 5.69 Å². The van der Waals surface area contributed by atoms with Crippen LogP contribution in [-0.4, -0.2) is 8.76 Å². The zero-order valence-corrected chi connectivity index (χ0v) is 8.27. The Hall–Kier alpha value is -1.07. The van der Waals surface area contributed by atoms with Gasteiger partial charge in [-0.15, -0.1) is 0 Å². The van der Waals surface area contributed by atoms with Crippen molar-refractivity contribution in [1.29, 1.82) is 0 Å². The van der Waals surface area contributed by atoms with Crippen LogP contribution in [0.1, 0.15) is 11.1 Å². The van der Waals surface area contributed by atoms with Gasteiger partial charge in [0.15, 0.2) is 0 Å². The van der Waals surface area contributed by atoms with Crippen LogP contribution in [0.2, 0.25) is 0 Å². The summed E-state index contributed by atoms with van der Waals surface area (Å²) in [5.41, 5.74) is 8.46. The van der Waals surface area contributed by atoms with Gasteiger partial charge in [0.25, 0.3) is 0 Å². The first-order valence-electron chi connectivity index (χ1n) is 3.73. The van der Waals surface area contributed by atoms with E-state index in [2.05, 4.69) is 4.72 Å². The van der Waals surface area contributed by atoms with Gasteiger partial charge >= 0.3 is 0 Å². The van der Waals surface area contributed by atoms with E-state index in [0.29, 0.717) is 11.4 Å². The number of benzene rings is 1. The Morgan fingerprint density at radius 2 is 1.85 bits per heavy atom. The molecule has 1 aromatic carbocycles. The van der Waals surface area contributed by atoms with Crippen molar-refractivity contribution < 1.29 is 8.76 Å². The highest BCUT2D eigenvalue weighted by Crippen LogP contribution is 2.23. The highest BCUT2D eigenvalue weighted by molar-refractivity contribution is 7.80. The molecule has 72 valence electrons. The summed E-state index contributed by atoms with van der Waals surface area (Å²) in [7, 11) is 0. The van der Waals surface area contributed by atoms with Crippen LogP contribution in [0, 0.1) is 13.8 Å². The second kappa shape index (κ2) is 3.76. The molecule has 0 saturated carbocycles. The maximum atomic E-state index is 10.4. The first-order valence-corrected chi connectivity index (χ1v) is 4.81. The Balaban J connectivity index is 3.13. The van der Waals surface area contributed by atoms with Crippen molar-refractivity contribution in [3.05, 3.63) is 23.3 Å². The van der Waals surface area contributed by atoms with Crippen LogP contribution in [0.3, 0.4) is 0 Å². The highest BCUT2D eigenvalue weighted by Gasteiger charge is 2.02. The zero-order valence-electron chi connectivity index (χ0n) is 7.46. The van der Waals surface area contributed by atoms with Crippen molar-refractivity contribution in [3.63, 3.8) is 0 Å². The maximum absolute atomic E-state index is 10.4. The maximum Gasteiger partial charge on any atom is 0.0512 e. The molecule has 0 amide bonds. The van der Waals surface area contributed by atoms with Crippen molar-refractivity contribution in [2.45, 2.75) is 13.8 Å². The molecule has 0 heterocycles. The lowest BCUT2D eigenvalue weighted by Crippen LogP contribution is -2.06. The van der Waals surface area contributed by atoms with Crippen molar-refractivity contribution in [2.24, 2.45) is 0 Å². The van der Waals surface area contributed by atoms with Crippen molar-refractivity contribution in [2.75, 3.05) is 10.5 Å². The van der Waals surface area contributed by atoms with E-state index in [0.717, 1.165) is 11.1 Å². The molecule has 13 heavy (non-hydrogen) atoms. The summed E-state index contributed by atoms with van der Waals surface area (Å²) in [4.78, 5) is 0. The van der Waals surface area contributed by atoms with Gasteiger partial charge in [0.1, 0.15) is 0 Å². The largest absolute Gasteiger partial charge is 0.755 e. The van der Waals surface area contributed by atoms with E-state index in [1.807, 2.05) is 0 Å². The van der Waals surface area contributed by atoms with Crippen molar-refractivity contribution in [1.82, 2.24) is 0 Å². The topological polar surface area (TPSA) is 78.2 Å². The van der Waals surface area contributed by atoms with Gasteiger partial charge in [-0.05, 0) is 37.1 Å². The molecule has 5 heteroatoms. The van der Waals surface area contributed by atoms with E-state index in [1.165, 1.54) is 0 Å². The molecule has 1 unspecified atom stereocenters. The molecule has 1 atom stereocenters. The summed E-state index contributed by atoms with van der Waals surface area (Å²) >= 11 is -2.28. The summed E-state index contributed by atoms with van der Waals surface area (Å²) in [6.07, 6.45) is 0. The number of nitrogens with one attached hydrogen (secondary N) is 1. The molecular weight excluding hydrogens is 188 g/mol. The average molecular weight is 199 g/mol. The first-order chi connectivity index (χ1) is 6.00. The molecule has 0 saturated heterocycles. The third-order valence-corrected chi connectivity index (χ3v) is 2.11. The minimum Gasteiger partial charge on any atom is -0.755 e.